The molecule has 0 heterocycles. The largest absolute Gasteiger partial charge is 0.106 e. The van der Waals surface area contributed by atoms with Crippen LogP contribution in [0.15, 0.2) is 110 Å². The van der Waals surface area contributed by atoms with E-state index in [2.05, 4.69) is 110 Å². The van der Waals surface area contributed by atoms with Crippen LogP contribution in [0.5, 0.6) is 0 Å². The van der Waals surface area contributed by atoms with Crippen LogP contribution in [0.25, 0.3) is 44.5 Å². The highest BCUT2D eigenvalue weighted by atomic mass is 14.2. The van der Waals surface area contributed by atoms with E-state index < -0.39 is 0 Å². The highest BCUT2D eigenvalue weighted by Crippen LogP contribution is 2.46. The van der Waals surface area contributed by atoms with E-state index in [1.54, 1.807) is 0 Å². The molecule has 0 amide bonds. The summed E-state index contributed by atoms with van der Waals surface area (Å²) >= 11 is 0. The van der Waals surface area contributed by atoms with Crippen molar-refractivity contribution in [3.63, 3.8) is 0 Å². The molecule has 4 aromatic carbocycles. The molecule has 0 N–H and O–H groups in total. The second-order valence-corrected chi connectivity index (χ2v) is 6.18. The smallest absolute Gasteiger partial charge is 0.00990 e. The molecule has 0 radical (unpaired) electrons. The van der Waals surface area contributed by atoms with Gasteiger partial charge in [0, 0.05) is 0 Å². The molecule has 0 atom stereocenters. The molecule has 0 unspecified atom stereocenters. The molecule has 0 saturated carbocycles. The van der Waals surface area contributed by atoms with Gasteiger partial charge in [-0.05, 0) is 44.5 Å². The lowest BCUT2D eigenvalue weighted by atomic mass is 9.81. The van der Waals surface area contributed by atoms with Crippen molar-refractivity contribution in [2.75, 3.05) is 0 Å². The van der Waals surface area contributed by atoms with Crippen molar-refractivity contribution in [3.05, 3.63) is 110 Å². The summed E-state index contributed by atoms with van der Waals surface area (Å²) in [7, 11) is 0. The summed E-state index contributed by atoms with van der Waals surface area (Å²) in [6.45, 7) is 6.00. The van der Waals surface area contributed by atoms with Gasteiger partial charge in [0.15, 0.2) is 0 Å². The molecule has 0 spiro atoms. The topological polar surface area (TPSA) is 0 Å². The first-order valence-electron chi connectivity index (χ1n) is 8.81. The third kappa shape index (κ3) is 2.48. The van der Waals surface area contributed by atoms with E-state index in [9.17, 15) is 0 Å². The molecule has 4 aromatic rings. The minimum atomic E-state index is 1.30. The van der Waals surface area contributed by atoms with Crippen LogP contribution in [-0.4, -0.2) is 0 Å². The Morgan fingerprint density at radius 3 is 0.500 bits per heavy atom. The Balaban J connectivity index is 0.000000814. The zero-order valence-electron chi connectivity index (χ0n) is 14.7. The van der Waals surface area contributed by atoms with Gasteiger partial charge in [-0.2, -0.15) is 0 Å². The van der Waals surface area contributed by atoms with E-state index in [4.69, 9.17) is 0 Å². The fourth-order valence-electron chi connectivity index (χ4n) is 3.81. The van der Waals surface area contributed by atoms with Gasteiger partial charge in [-0.25, -0.2) is 0 Å². The molecule has 124 valence electrons. The Kier molecular flexibility index (Phi) is 4.25. The molecule has 1 aliphatic rings. The van der Waals surface area contributed by atoms with Crippen LogP contribution in [0, 0.1) is 0 Å². The fourth-order valence-corrected chi connectivity index (χ4v) is 3.81. The monoisotopic (exact) mass is 332 g/mol. The Morgan fingerprint density at radius 1 is 0.269 bits per heavy atom. The SMILES string of the molecule is C=C.c1ccc2c(c1)-c1ccccc1-c1ccccc1-c1ccccc1-2. The average Bonchev–Trinajstić information content (AvgIpc) is 2.74. The van der Waals surface area contributed by atoms with Crippen molar-refractivity contribution < 1.29 is 0 Å². The predicted molar refractivity (Wildman–Crippen MR) is 113 cm³/mol. The van der Waals surface area contributed by atoms with Crippen LogP contribution in [0.3, 0.4) is 0 Å². The van der Waals surface area contributed by atoms with E-state index in [1.807, 2.05) is 0 Å². The molecule has 0 fully saturated rings. The van der Waals surface area contributed by atoms with Gasteiger partial charge in [-0.15, -0.1) is 13.2 Å². The third-order valence-electron chi connectivity index (χ3n) is 4.87. The van der Waals surface area contributed by atoms with Gasteiger partial charge >= 0.3 is 0 Å². The van der Waals surface area contributed by atoms with Gasteiger partial charge in [0.2, 0.25) is 0 Å². The van der Waals surface area contributed by atoms with Gasteiger partial charge in [-0.3, -0.25) is 0 Å². The van der Waals surface area contributed by atoms with Gasteiger partial charge in [0.1, 0.15) is 0 Å². The van der Waals surface area contributed by atoms with Crippen molar-refractivity contribution in [1.82, 2.24) is 0 Å². The first kappa shape index (κ1) is 16.1. The van der Waals surface area contributed by atoms with E-state index in [-0.39, 0.29) is 0 Å². The minimum Gasteiger partial charge on any atom is -0.106 e. The van der Waals surface area contributed by atoms with Crippen molar-refractivity contribution in [2.24, 2.45) is 0 Å². The van der Waals surface area contributed by atoms with E-state index in [1.165, 1.54) is 44.5 Å². The average molecular weight is 332 g/mol. The van der Waals surface area contributed by atoms with Crippen LogP contribution >= 0.6 is 0 Å². The van der Waals surface area contributed by atoms with Gasteiger partial charge < -0.3 is 0 Å². The normalized spacial score (nSPS) is 10.6. The number of rotatable bonds is 0. The molecular weight excluding hydrogens is 312 g/mol. The van der Waals surface area contributed by atoms with Crippen molar-refractivity contribution in [1.29, 1.82) is 0 Å². The Bertz CT molecular complexity index is 785. The Morgan fingerprint density at radius 2 is 0.385 bits per heavy atom. The third-order valence-corrected chi connectivity index (χ3v) is 4.87. The quantitative estimate of drug-likeness (QED) is 0.258. The van der Waals surface area contributed by atoms with Crippen LogP contribution in [0.4, 0.5) is 0 Å². The second kappa shape index (κ2) is 6.85. The number of benzene rings is 4. The molecule has 5 rings (SSSR count). The molecular formula is C26H20. The summed E-state index contributed by atoms with van der Waals surface area (Å²) in [5.41, 5.74) is 10.4. The second-order valence-electron chi connectivity index (χ2n) is 6.18. The van der Waals surface area contributed by atoms with E-state index >= 15 is 0 Å². The standard InChI is InChI=1S/C24H16.C2H4/c1-2-10-18-17(9-1)19-11-3-4-13-21(19)23-15-7-8-16-24(23)22-14-6-5-12-20(18)22;1-2/h1-16H;1-2H2. The molecule has 0 saturated heterocycles. The lowest BCUT2D eigenvalue weighted by Crippen LogP contribution is -1.96. The lowest BCUT2D eigenvalue weighted by molar-refractivity contribution is 1.52. The highest BCUT2D eigenvalue weighted by molar-refractivity contribution is 6.02. The van der Waals surface area contributed by atoms with Crippen LogP contribution in [-0.2, 0) is 0 Å². The number of hydrogen-bond acceptors (Lipinski definition) is 0. The summed E-state index contributed by atoms with van der Waals surface area (Å²) < 4.78 is 0. The molecule has 1 aliphatic carbocycles. The highest BCUT2D eigenvalue weighted by Gasteiger charge is 2.20. The lowest BCUT2D eigenvalue weighted by Gasteiger charge is -2.22. The predicted octanol–water partition coefficient (Wildman–Crippen LogP) is 7.47. The first-order valence-corrected chi connectivity index (χ1v) is 8.81. The summed E-state index contributed by atoms with van der Waals surface area (Å²) in [6, 6.07) is 34.9. The van der Waals surface area contributed by atoms with E-state index in [0.717, 1.165) is 0 Å². The summed E-state index contributed by atoms with van der Waals surface area (Å²) in [5, 5.41) is 0. The van der Waals surface area contributed by atoms with E-state index in [0.29, 0.717) is 0 Å². The maximum absolute atomic E-state index is 3.00. The van der Waals surface area contributed by atoms with Crippen molar-refractivity contribution >= 4 is 0 Å². The van der Waals surface area contributed by atoms with Gasteiger partial charge in [0.25, 0.3) is 0 Å². The van der Waals surface area contributed by atoms with Crippen molar-refractivity contribution in [3.8, 4) is 44.5 Å². The zero-order valence-corrected chi connectivity index (χ0v) is 14.7. The van der Waals surface area contributed by atoms with Gasteiger partial charge in [-0.1, -0.05) is 97.1 Å². The molecule has 26 heavy (non-hydrogen) atoms. The maximum atomic E-state index is 3.00. The molecule has 0 bridgehead atoms. The van der Waals surface area contributed by atoms with Crippen LogP contribution in [0.1, 0.15) is 0 Å². The Labute approximate surface area is 155 Å². The summed E-state index contributed by atoms with van der Waals surface area (Å²) in [5.74, 6) is 0. The minimum absolute atomic E-state index is 1.30. The van der Waals surface area contributed by atoms with Crippen LogP contribution < -0.4 is 0 Å². The van der Waals surface area contributed by atoms with Crippen molar-refractivity contribution in [2.45, 2.75) is 0 Å². The Hall–Kier alpha value is -3.38. The number of hydrogen-bond donors (Lipinski definition) is 0. The summed E-state index contributed by atoms with van der Waals surface area (Å²) in [6.07, 6.45) is 0. The molecule has 0 aromatic heterocycles. The number of fused-ring (bicyclic) bond motifs is 8. The molecule has 0 heteroatoms. The zero-order chi connectivity index (χ0) is 17.9. The van der Waals surface area contributed by atoms with Gasteiger partial charge in [0.05, 0.1) is 0 Å². The van der Waals surface area contributed by atoms with Crippen LogP contribution in [0.2, 0.25) is 0 Å². The first-order chi connectivity index (χ1) is 12.9. The molecule has 0 nitrogen and oxygen atoms in total. The maximum Gasteiger partial charge on any atom is -0.00990 e. The summed E-state index contributed by atoms with van der Waals surface area (Å²) in [4.78, 5) is 0. The molecule has 0 aliphatic heterocycles. The fraction of sp³-hybridized carbons (Fsp3) is 0.